The van der Waals surface area contributed by atoms with Gasteiger partial charge in [0.25, 0.3) is 0 Å². The molecule has 0 saturated heterocycles. The van der Waals surface area contributed by atoms with Gasteiger partial charge in [-0.2, -0.15) is 0 Å². The maximum absolute atomic E-state index is 5.79. The van der Waals surface area contributed by atoms with Gasteiger partial charge in [0.2, 0.25) is 0 Å². The molecule has 0 atom stereocenters. The molecule has 2 heterocycles. The molecule has 0 unspecified atom stereocenters. The van der Waals surface area contributed by atoms with Crippen LogP contribution in [0.25, 0.3) is 10.2 Å². The van der Waals surface area contributed by atoms with Crippen molar-refractivity contribution in [2.45, 2.75) is 40.5 Å². The van der Waals surface area contributed by atoms with Crippen LogP contribution in [0.3, 0.4) is 0 Å². The third-order valence-corrected chi connectivity index (χ3v) is 5.07. The van der Waals surface area contributed by atoms with E-state index in [9.17, 15) is 0 Å². The third-order valence-electron chi connectivity index (χ3n) is 3.69. The van der Waals surface area contributed by atoms with E-state index >= 15 is 0 Å². The van der Waals surface area contributed by atoms with Gasteiger partial charge in [0.1, 0.15) is 17.0 Å². The summed E-state index contributed by atoms with van der Waals surface area (Å²) in [6.07, 6.45) is 3.80. The van der Waals surface area contributed by atoms with Gasteiger partial charge in [-0.15, -0.1) is 22.9 Å². The maximum Gasteiger partial charge on any atom is 0.138 e. The van der Waals surface area contributed by atoms with E-state index < -0.39 is 0 Å². The Balaban J connectivity index is 2.18. The predicted molar refractivity (Wildman–Crippen MR) is 89.1 cm³/mol. The fourth-order valence-electron chi connectivity index (χ4n) is 2.27. The lowest BCUT2D eigenvalue weighted by atomic mass is 9.88. The Bertz CT molecular complexity index is 592. The van der Waals surface area contributed by atoms with Crippen LogP contribution in [-0.4, -0.2) is 22.4 Å². The Labute approximate surface area is 129 Å². The first-order valence-electron chi connectivity index (χ1n) is 6.95. The molecule has 110 valence electrons. The van der Waals surface area contributed by atoms with Crippen molar-refractivity contribution in [3.8, 4) is 0 Å². The fourth-order valence-corrected chi connectivity index (χ4v) is 3.40. The average molecular weight is 312 g/mol. The summed E-state index contributed by atoms with van der Waals surface area (Å²) in [5.41, 5.74) is 1.50. The number of aryl methyl sites for hydroxylation is 2. The van der Waals surface area contributed by atoms with Crippen LogP contribution >= 0.6 is 22.9 Å². The minimum atomic E-state index is 0.213. The lowest BCUT2D eigenvalue weighted by molar-refractivity contribution is 0.355. The van der Waals surface area contributed by atoms with E-state index in [0.29, 0.717) is 0 Å². The van der Waals surface area contributed by atoms with Crippen LogP contribution in [0.15, 0.2) is 6.33 Å². The molecule has 3 nitrogen and oxygen atoms in total. The van der Waals surface area contributed by atoms with Gasteiger partial charge in [0, 0.05) is 17.3 Å². The summed E-state index contributed by atoms with van der Waals surface area (Å²) in [7, 11) is 0. The minimum Gasteiger partial charge on any atom is -0.369 e. The molecule has 0 aliphatic rings. The standard InChI is InChI=1S/C15H22ClN3S/c1-10-11(2)20-14-12(10)13(18-9-19-14)17-8-15(3,4)6-5-7-16/h9H,5-8H2,1-4H3,(H,17,18,19). The molecule has 0 aliphatic heterocycles. The minimum absolute atomic E-state index is 0.213. The Morgan fingerprint density at radius 3 is 2.75 bits per heavy atom. The van der Waals surface area contributed by atoms with Crippen molar-refractivity contribution in [1.82, 2.24) is 9.97 Å². The second-order valence-electron chi connectivity index (χ2n) is 6.00. The molecule has 0 bridgehead atoms. The van der Waals surface area contributed by atoms with Gasteiger partial charge in [0.05, 0.1) is 5.39 Å². The number of nitrogens with one attached hydrogen (secondary N) is 1. The molecule has 0 fully saturated rings. The van der Waals surface area contributed by atoms with Crippen molar-refractivity contribution >= 4 is 39.0 Å². The number of anilines is 1. The zero-order chi connectivity index (χ0) is 14.8. The Morgan fingerprint density at radius 2 is 2.05 bits per heavy atom. The summed E-state index contributed by atoms with van der Waals surface area (Å²) >= 11 is 7.52. The molecule has 2 aromatic heterocycles. The lowest BCUT2D eigenvalue weighted by Crippen LogP contribution is -2.23. The maximum atomic E-state index is 5.79. The second kappa shape index (κ2) is 6.27. The Morgan fingerprint density at radius 1 is 1.30 bits per heavy atom. The summed E-state index contributed by atoms with van der Waals surface area (Å²) in [4.78, 5) is 11.2. The molecule has 0 aliphatic carbocycles. The van der Waals surface area contributed by atoms with Crippen LogP contribution in [0.1, 0.15) is 37.1 Å². The number of rotatable bonds is 6. The van der Waals surface area contributed by atoms with Crippen molar-refractivity contribution < 1.29 is 0 Å². The largest absolute Gasteiger partial charge is 0.369 e. The van der Waals surface area contributed by atoms with E-state index in [1.165, 1.54) is 15.8 Å². The molecule has 0 aromatic carbocycles. The molecular formula is C15H22ClN3S. The van der Waals surface area contributed by atoms with Crippen LogP contribution in [0.4, 0.5) is 5.82 Å². The molecule has 2 aromatic rings. The zero-order valence-electron chi connectivity index (χ0n) is 12.6. The van der Waals surface area contributed by atoms with Gasteiger partial charge in [0.15, 0.2) is 0 Å². The fraction of sp³-hybridized carbons (Fsp3) is 0.600. The Hall–Kier alpha value is -0.870. The van der Waals surface area contributed by atoms with E-state index in [2.05, 4.69) is 43.0 Å². The van der Waals surface area contributed by atoms with E-state index in [1.54, 1.807) is 17.7 Å². The highest BCUT2D eigenvalue weighted by molar-refractivity contribution is 7.18. The number of thiophene rings is 1. The van der Waals surface area contributed by atoms with E-state index in [4.69, 9.17) is 11.6 Å². The van der Waals surface area contributed by atoms with Crippen LogP contribution in [0, 0.1) is 19.3 Å². The number of hydrogen-bond donors (Lipinski definition) is 1. The highest BCUT2D eigenvalue weighted by Gasteiger charge is 2.19. The van der Waals surface area contributed by atoms with Crippen molar-refractivity contribution in [2.24, 2.45) is 5.41 Å². The van der Waals surface area contributed by atoms with Crippen molar-refractivity contribution in [1.29, 1.82) is 0 Å². The van der Waals surface area contributed by atoms with Crippen molar-refractivity contribution in [2.75, 3.05) is 17.7 Å². The number of fused-ring (bicyclic) bond motifs is 1. The van der Waals surface area contributed by atoms with Gasteiger partial charge in [-0.1, -0.05) is 13.8 Å². The van der Waals surface area contributed by atoms with Crippen molar-refractivity contribution in [3.63, 3.8) is 0 Å². The molecule has 1 N–H and O–H groups in total. The molecule has 2 rings (SSSR count). The molecule has 5 heteroatoms. The van der Waals surface area contributed by atoms with E-state index in [1.807, 2.05) is 0 Å². The Kier molecular flexibility index (Phi) is 4.86. The first-order chi connectivity index (χ1) is 9.44. The SMILES string of the molecule is Cc1sc2ncnc(NCC(C)(C)CCCCl)c2c1C. The third kappa shape index (κ3) is 3.41. The predicted octanol–water partition coefficient (Wildman–Crippen LogP) is 4.77. The van der Waals surface area contributed by atoms with Crippen LogP contribution in [-0.2, 0) is 0 Å². The van der Waals surface area contributed by atoms with Gasteiger partial charge in [-0.05, 0) is 37.7 Å². The first kappa shape index (κ1) is 15.5. The average Bonchev–Trinajstić information content (AvgIpc) is 2.70. The summed E-state index contributed by atoms with van der Waals surface area (Å²) in [5.74, 6) is 1.68. The summed E-state index contributed by atoms with van der Waals surface area (Å²) in [5, 5.41) is 4.67. The van der Waals surface area contributed by atoms with Gasteiger partial charge in [-0.25, -0.2) is 9.97 Å². The smallest absolute Gasteiger partial charge is 0.138 e. The molecule has 0 radical (unpaired) electrons. The molecule has 0 spiro atoms. The molecule has 0 saturated carbocycles. The monoisotopic (exact) mass is 311 g/mol. The second-order valence-corrected chi connectivity index (χ2v) is 7.58. The number of nitrogens with zero attached hydrogens (tertiary/aromatic N) is 2. The number of halogens is 1. The highest BCUT2D eigenvalue weighted by Crippen LogP contribution is 2.33. The first-order valence-corrected chi connectivity index (χ1v) is 8.30. The topological polar surface area (TPSA) is 37.8 Å². The van der Waals surface area contributed by atoms with E-state index in [0.717, 1.165) is 35.9 Å². The van der Waals surface area contributed by atoms with E-state index in [-0.39, 0.29) is 5.41 Å². The summed E-state index contributed by atoms with van der Waals surface area (Å²) in [6, 6.07) is 0. The normalized spacial score (nSPS) is 12.1. The van der Waals surface area contributed by atoms with Gasteiger partial charge >= 0.3 is 0 Å². The molecule has 20 heavy (non-hydrogen) atoms. The zero-order valence-corrected chi connectivity index (χ0v) is 14.2. The quantitative estimate of drug-likeness (QED) is 0.781. The highest BCUT2D eigenvalue weighted by atomic mass is 35.5. The molecule has 0 amide bonds. The summed E-state index contributed by atoms with van der Waals surface area (Å²) in [6.45, 7) is 9.69. The van der Waals surface area contributed by atoms with Crippen molar-refractivity contribution in [3.05, 3.63) is 16.8 Å². The van der Waals surface area contributed by atoms with Gasteiger partial charge in [-0.3, -0.25) is 0 Å². The van der Waals surface area contributed by atoms with Crippen LogP contribution in [0.5, 0.6) is 0 Å². The molecular weight excluding hydrogens is 290 g/mol. The van der Waals surface area contributed by atoms with Crippen LogP contribution in [0.2, 0.25) is 0 Å². The van der Waals surface area contributed by atoms with Gasteiger partial charge < -0.3 is 5.32 Å². The number of alkyl halides is 1. The lowest BCUT2D eigenvalue weighted by Gasteiger charge is -2.25. The summed E-state index contributed by atoms with van der Waals surface area (Å²) < 4.78 is 0. The number of aromatic nitrogens is 2. The number of hydrogen-bond acceptors (Lipinski definition) is 4. The van der Waals surface area contributed by atoms with Crippen LogP contribution < -0.4 is 5.32 Å².